The van der Waals surface area contributed by atoms with Gasteiger partial charge in [0.1, 0.15) is 5.75 Å². The van der Waals surface area contributed by atoms with Crippen LogP contribution < -0.4 is 4.74 Å². The first-order valence-corrected chi connectivity index (χ1v) is 4.54. The molecule has 3 heteroatoms. The Morgan fingerprint density at radius 3 is 2.57 bits per heavy atom. The topological polar surface area (TPSA) is 41.8 Å². The molecule has 0 heterocycles. The van der Waals surface area contributed by atoms with Gasteiger partial charge in [0, 0.05) is 6.21 Å². The molecule has 0 aliphatic rings. The number of methoxy groups -OCH3 is 1. The molecule has 0 saturated carbocycles. The fourth-order valence-corrected chi connectivity index (χ4v) is 0.950. The molecule has 0 unspecified atom stereocenters. The minimum Gasteiger partial charge on any atom is -0.497 e. The average Bonchev–Trinajstić information content (AvgIpc) is 2.26. The number of nitrogens with zero attached hydrogens (tertiary/aromatic N) is 1. The third kappa shape index (κ3) is 3.18. The summed E-state index contributed by atoms with van der Waals surface area (Å²) in [5.41, 5.74) is 1.01. The second-order valence-electron chi connectivity index (χ2n) is 3.08. The Morgan fingerprint density at radius 1 is 1.43 bits per heavy atom. The fourth-order valence-electron chi connectivity index (χ4n) is 0.950. The largest absolute Gasteiger partial charge is 0.497 e. The number of hydrogen-bond donors (Lipinski definition) is 1. The van der Waals surface area contributed by atoms with Gasteiger partial charge in [0.05, 0.1) is 19.8 Å². The van der Waals surface area contributed by atoms with E-state index >= 15 is 0 Å². The highest BCUT2D eigenvalue weighted by molar-refractivity contribution is 5.79. The van der Waals surface area contributed by atoms with E-state index in [2.05, 4.69) is 4.99 Å². The normalized spacial score (nSPS) is 13.1. The highest BCUT2D eigenvalue weighted by Gasteiger charge is 1.94. The number of aliphatic imine (C=N–C) groups is 1. The van der Waals surface area contributed by atoms with Gasteiger partial charge in [0.2, 0.25) is 0 Å². The maximum Gasteiger partial charge on any atom is 0.118 e. The standard InChI is InChI=1S/C11H15NO2/c1-9(8-13)12-7-10-3-5-11(14-2)6-4-10/h3-7,9,13H,8H2,1-2H3/b12-7+/t9-/m0/s1. The van der Waals surface area contributed by atoms with Crippen LogP contribution in [-0.2, 0) is 0 Å². The molecule has 0 aromatic heterocycles. The van der Waals surface area contributed by atoms with Crippen molar-refractivity contribution in [3.63, 3.8) is 0 Å². The fraction of sp³-hybridized carbons (Fsp3) is 0.364. The number of aliphatic hydroxyl groups is 1. The monoisotopic (exact) mass is 193 g/mol. The second kappa shape index (κ2) is 5.40. The Hall–Kier alpha value is -1.35. The average molecular weight is 193 g/mol. The molecule has 1 atom stereocenters. The zero-order chi connectivity index (χ0) is 10.4. The molecule has 1 aromatic rings. The van der Waals surface area contributed by atoms with Crippen LogP contribution in [0.5, 0.6) is 5.75 Å². The van der Waals surface area contributed by atoms with E-state index < -0.39 is 0 Å². The number of rotatable bonds is 4. The molecule has 14 heavy (non-hydrogen) atoms. The highest BCUT2D eigenvalue weighted by atomic mass is 16.5. The summed E-state index contributed by atoms with van der Waals surface area (Å²) in [6, 6.07) is 7.56. The molecule has 0 amide bonds. The first-order chi connectivity index (χ1) is 6.76. The Labute approximate surface area is 84.1 Å². The summed E-state index contributed by atoms with van der Waals surface area (Å²) >= 11 is 0. The van der Waals surface area contributed by atoms with Crippen LogP contribution in [0, 0.1) is 0 Å². The lowest BCUT2D eigenvalue weighted by atomic mass is 10.2. The molecule has 1 aromatic carbocycles. The van der Waals surface area contributed by atoms with E-state index in [9.17, 15) is 0 Å². The van der Waals surface area contributed by atoms with Crippen LogP contribution in [0.4, 0.5) is 0 Å². The minimum absolute atomic E-state index is 0.0444. The van der Waals surface area contributed by atoms with Crippen molar-refractivity contribution in [1.82, 2.24) is 0 Å². The van der Waals surface area contributed by atoms with Crippen molar-refractivity contribution in [2.24, 2.45) is 4.99 Å². The Morgan fingerprint density at radius 2 is 2.07 bits per heavy atom. The van der Waals surface area contributed by atoms with Gasteiger partial charge in [-0.3, -0.25) is 4.99 Å². The minimum atomic E-state index is -0.0444. The molecular formula is C11H15NO2. The van der Waals surface area contributed by atoms with Gasteiger partial charge in [0.25, 0.3) is 0 Å². The number of hydrogen-bond acceptors (Lipinski definition) is 3. The van der Waals surface area contributed by atoms with Gasteiger partial charge in [-0.15, -0.1) is 0 Å². The van der Waals surface area contributed by atoms with Crippen molar-refractivity contribution in [3.05, 3.63) is 29.8 Å². The lowest BCUT2D eigenvalue weighted by Crippen LogP contribution is -2.03. The highest BCUT2D eigenvalue weighted by Crippen LogP contribution is 2.09. The number of ether oxygens (including phenoxy) is 1. The summed E-state index contributed by atoms with van der Waals surface area (Å²) in [4.78, 5) is 4.15. The molecule has 0 fully saturated rings. The Balaban J connectivity index is 2.64. The van der Waals surface area contributed by atoms with E-state index in [1.807, 2.05) is 31.2 Å². The van der Waals surface area contributed by atoms with E-state index in [1.165, 1.54) is 0 Å². The Bertz CT molecular complexity index is 293. The smallest absolute Gasteiger partial charge is 0.118 e. The quantitative estimate of drug-likeness (QED) is 0.736. The van der Waals surface area contributed by atoms with Gasteiger partial charge in [-0.25, -0.2) is 0 Å². The summed E-state index contributed by atoms with van der Waals surface area (Å²) in [6.45, 7) is 1.94. The molecule has 76 valence electrons. The van der Waals surface area contributed by atoms with Gasteiger partial charge in [-0.1, -0.05) is 0 Å². The van der Waals surface area contributed by atoms with Crippen molar-refractivity contribution in [2.45, 2.75) is 13.0 Å². The van der Waals surface area contributed by atoms with Crippen LogP contribution in [0.2, 0.25) is 0 Å². The van der Waals surface area contributed by atoms with E-state index in [1.54, 1.807) is 13.3 Å². The van der Waals surface area contributed by atoms with Crippen molar-refractivity contribution < 1.29 is 9.84 Å². The first kappa shape index (κ1) is 10.7. The van der Waals surface area contributed by atoms with E-state index in [4.69, 9.17) is 9.84 Å². The summed E-state index contributed by atoms with van der Waals surface area (Å²) in [6.07, 6.45) is 1.75. The molecule has 0 spiro atoms. The second-order valence-corrected chi connectivity index (χ2v) is 3.08. The third-order valence-corrected chi connectivity index (χ3v) is 1.86. The maximum atomic E-state index is 8.76. The van der Waals surface area contributed by atoms with E-state index in [0.29, 0.717) is 0 Å². The van der Waals surface area contributed by atoms with Crippen LogP contribution in [0.25, 0.3) is 0 Å². The molecule has 0 saturated heterocycles. The van der Waals surface area contributed by atoms with Crippen LogP contribution in [0.1, 0.15) is 12.5 Å². The molecule has 0 aliphatic carbocycles. The van der Waals surface area contributed by atoms with Crippen molar-refractivity contribution >= 4 is 6.21 Å². The van der Waals surface area contributed by atoms with Gasteiger partial charge < -0.3 is 9.84 Å². The zero-order valence-electron chi connectivity index (χ0n) is 8.47. The summed E-state index contributed by atoms with van der Waals surface area (Å²) < 4.78 is 5.03. The summed E-state index contributed by atoms with van der Waals surface area (Å²) in [7, 11) is 1.64. The molecule has 0 radical (unpaired) electrons. The lowest BCUT2D eigenvalue weighted by Gasteiger charge is -2.01. The van der Waals surface area contributed by atoms with Crippen LogP contribution in [-0.4, -0.2) is 31.1 Å². The van der Waals surface area contributed by atoms with E-state index in [0.717, 1.165) is 11.3 Å². The van der Waals surface area contributed by atoms with E-state index in [-0.39, 0.29) is 12.6 Å². The van der Waals surface area contributed by atoms with Crippen LogP contribution in [0.15, 0.2) is 29.3 Å². The SMILES string of the molecule is COc1ccc(/C=N/[C@@H](C)CO)cc1. The van der Waals surface area contributed by atoms with Crippen molar-refractivity contribution in [1.29, 1.82) is 0 Å². The predicted molar refractivity (Wildman–Crippen MR) is 57.1 cm³/mol. The van der Waals surface area contributed by atoms with Crippen molar-refractivity contribution in [2.75, 3.05) is 13.7 Å². The number of benzene rings is 1. The molecule has 3 nitrogen and oxygen atoms in total. The summed E-state index contributed by atoms with van der Waals surface area (Å²) in [5, 5.41) is 8.76. The lowest BCUT2D eigenvalue weighted by molar-refractivity contribution is 0.275. The predicted octanol–water partition coefficient (Wildman–Crippen LogP) is 1.49. The van der Waals surface area contributed by atoms with Gasteiger partial charge >= 0.3 is 0 Å². The Kier molecular flexibility index (Phi) is 4.13. The molecule has 1 N–H and O–H groups in total. The molecule has 0 bridgehead atoms. The molecular weight excluding hydrogens is 178 g/mol. The third-order valence-electron chi connectivity index (χ3n) is 1.86. The van der Waals surface area contributed by atoms with Gasteiger partial charge in [-0.2, -0.15) is 0 Å². The first-order valence-electron chi connectivity index (χ1n) is 4.54. The van der Waals surface area contributed by atoms with Gasteiger partial charge in [0.15, 0.2) is 0 Å². The van der Waals surface area contributed by atoms with Crippen molar-refractivity contribution in [3.8, 4) is 5.75 Å². The molecule has 1 rings (SSSR count). The summed E-state index contributed by atoms with van der Waals surface area (Å²) in [5.74, 6) is 0.831. The maximum absolute atomic E-state index is 8.76. The van der Waals surface area contributed by atoms with Crippen LogP contribution in [0.3, 0.4) is 0 Å². The zero-order valence-corrected chi connectivity index (χ0v) is 8.47. The number of aliphatic hydroxyl groups excluding tert-OH is 1. The van der Waals surface area contributed by atoms with Gasteiger partial charge in [-0.05, 0) is 36.8 Å². The molecule has 0 aliphatic heterocycles. The van der Waals surface area contributed by atoms with Crippen LogP contribution >= 0.6 is 0 Å².